The van der Waals surface area contributed by atoms with Gasteiger partial charge in [0, 0.05) is 5.92 Å². The zero-order valence-corrected chi connectivity index (χ0v) is 7.33. The Morgan fingerprint density at radius 2 is 2.08 bits per heavy atom. The van der Waals surface area contributed by atoms with Gasteiger partial charge in [0.2, 0.25) is 0 Å². The van der Waals surface area contributed by atoms with Gasteiger partial charge in [-0.1, -0.05) is 37.3 Å². The van der Waals surface area contributed by atoms with Crippen molar-refractivity contribution in [1.82, 2.24) is 0 Å². The highest BCUT2D eigenvalue weighted by molar-refractivity contribution is 5.30. The molecule has 64 valence electrons. The fourth-order valence-electron chi connectivity index (χ4n) is 1.80. The molecule has 2 unspecified atom stereocenters. The molecule has 0 amide bonds. The van der Waals surface area contributed by atoms with Gasteiger partial charge in [-0.2, -0.15) is 0 Å². The van der Waals surface area contributed by atoms with E-state index in [2.05, 4.69) is 12.1 Å². The molecule has 2 atom stereocenters. The predicted molar refractivity (Wildman–Crippen MR) is 49.0 cm³/mol. The minimum atomic E-state index is -0.388. The van der Waals surface area contributed by atoms with Crippen LogP contribution in [0.5, 0.6) is 0 Å². The third-order valence-corrected chi connectivity index (χ3v) is 2.86. The van der Waals surface area contributed by atoms with Crippen molar-refractivity contribution in [3.05, 3.63) is 35.9 Å². The number of hydrogen-bond acceptors (Lipinski definition) is 1. The summed E-state index contributed by atoms with van der Waals surface area (Å²) in [6.07, 6.45) is 1.81. The smallest absolute Gasteiger partial charge is 0.0721 e. The van der Waals surface area contributed by atoms with Crippen LogP contribution in [0, 0.1) is 0 Å². The molecule has 0 aromatic heterocycles. The van der Waals surface area contributed by atoms with Gasteiger partial charge < -0.3 is 5.11 Å². The Balaban J connectivity index is 2.16. The van der Waals surface area contributed by atoms with Crippen molar-refractivity contribution in [3.8, 4) is 0 Å². The molecule has 0 bridgehead atoms. The third-order valence-electron chi connectivity index (χ3n) is 2.86. The molecule has 1 aliphatic rings. The molecule has 1 heteroatoms. The van der Waals surface area contributed by atoms with Crippen LogP contribution in [0.15, 0.2) is 30.3 Å². The van der Waals surface area contributed by atoms with Gasteiger partial charge >= 0.3 is 0 Å². The minimum absolute atomic E-state index is 0.388. The van der Waals surface area contributed by atoms with Crippen molar-refractivity contribution < 1.29 is 5.11 Å². The van der Waals surface area contributed by atoms with Crippen LogP contribution in [-0.4, -0.2) is 10.7 Å². The first-order valence-corrected chi connectivity index (χ1v) is 4.53. The van der Waals surface area contributed by atoms with E-state index in [0.29, 0.717) is 5.92 Å². The molecule has 1 aliphatic carbocycles. The molecule has 0 saturated heterocycles. The molecule has 1 fully saturated rings. The van der Waals surface area contributed by atoms with E-state index < -0.39 is 0 Å². The highest BCUT2D eigenvalue weighted by Crippen LogP contribution is 2.53. The maximum absolute atomic E-state index is 9.85. The van der Waals surface area contributed by atoms with Gasteiger partial charge in [-0.25, -0.2) is 0 Å². The zero-order chi connectivity index (χ0) is 8.60. The van der Waals surface area contributed by atoms with Crippen molar-refractivity contribution in [2.45, 2.75) is 31.3 Å². The monoisotopic (exact) mass is 162 g/mol. The fraction of sp³-hybridized carbons (Fsp3) is 0.455. The molecule has 1 saturated carbocycles. The molecule has 2 rings (SSSR count). The molecule has 0 aliphatic heterocycles. The number of aliphatic hydroxyl groups is 1. The van der Waals surface area contributed by atoms with E-state index in [1.165, 1.54) is 5.56 Å². The number of hydrogen-bond donors (Lipinski definition) is 1. The Bertz CT molecular complexity index is 268. The first-order chi connectivity index (χ1) is 5.76. The quantitative estimate of drug-likeness (QED) is 0.707. The van der Waals surface area contributed by atoms with E-state index in [1.54, 1.807) is 0 Å². The first-order valence-electron chi connectivity index (χ1n) is 4.53. The summed E-state index contributed by atoms with van der Waals surface area (Å²) in [6, 6.07) is 10.3. The molecule has 12 heavy (non-hydrogen) atoms. The van der Waals surface area contributed by atoms with Crippen molar-refractivity contribution in [2.24, 2.45) is 0 Å². The van der Waals surface area contributed by atoms with Gasteiger partial charge in [0.25, 0.3) is 0 Å². The van der Waals surface area contributed by atoms with Crippen LogP contribution < -0.4 is 0 Å². The Labute approximate surface area is 73.0 Å². The van der Waals surface area contributed by atoms with E-state index in [9.17, 15) is 5.11 Å². The Kier molecular flexibility index (Phi) is 1.69. The van der Waals surface area contributed by atoms with Gasteiger partial charge in [0.1, 0.15) is 0 Å². The lowest BCUT2D eigenvalue weighted by molar-refractivity contribution is 0.139. The van der Waals surface area contributed by atoms with Crippen molar-refractivity contribution >= 4 is 0 Å². The molecular formula is C11H14O. The molecule has 0 heterocycles. The Morgan fingerprint density at radius 1 is 1.42 bits per heavy atom. The maximum Gasteiger partial charge on any atom is 0.0721 e. The van der Waals surface area contributed by atoms with Gasteiger partial charge in [-0.15, -0.1) is 0 Å². The van der Waals surface area contributed by atoms with Crippen LogP contribution in [0.25, 0.3) is 0 Å². The van der Waals surface area contributed by atoms with Crippen LogP contribution >= 0.6 is 0 Å². The average molecular weight is 162 g/mol. The summed E-state index contributed by atoms with van der Waals surface area (Å²) in [6.45, 7) is 2.04. The molecule has 1 aromatic carbocycles. The van der Waals surface area contributed by atoms with Crippen molar-refractivity contribution in [3.63, 3.8) is 0 Å². The van der Waals surface area contributed by atoms with Crippen LogP contribution in [0.3, 0.4) is 0 Å². The Hall–Kier alpha value is -0.820. The number of benzene rings is 1. The summed E-state index contributed by atoms with van der Waals surface area (Å²) >= 11 is 0. The van der Waals surface area contributed by atoms with E-state index >= 15 is 0 Å². The summed E-state index contributed by atoms with van der Waals surface area (Å²) in [5, 5.41) is 9.85. The second-order valence-corrected chi connectivity index (χ2v) is 3.62. The van der Waals surface area contributed by atoms with Crippen molar-refractivity contribution in [1.29, 1.82) is 0 Å². The average Bonchev–Trinajstić information content (AvgIpc) is 2.81. The lowest BCUT2D eigenvalue weighted by atomic mass is 10.1. The Morgan fingerprint density at radius 3 is 2.58 bits per heavy atom. The molecule has 0 radical (unpaired) electrons. The highest BCUT2D eigenvalue weighted by Gasteiger charge is 2.51. The molecule has 1 N–H and O–H groups in total. The molecule has 0 spiro atoms. The summed E-state index contributed by atoms with van der Waals surface area (Å²) in [5.41, 5.74) is 0.892. The van der Waals surface area contributed by atoms with Crippen LogP contribution in [-0.2, 0) is 0 Å². The minimum Gasteiger partial charge on any atom is -0.389 e. The summed E-state index contributed by atoms with van der Waals surface area (Å²) in [7, 11) is 0. The summed E-state index contributed by atoms with van der Waals surface area (Å²) in [5.74, 6) is 0.392. The SMILES string of the molecule is CCC1(O)CC1c1ccccc1. The second-order valence-electron chi connectivity index (χ2n) is 3.62. The molecular weight excluding hydrogens is 148 g/mol. The van der Waals surface area contributed by atoms with E-state index in [1.807, 2.05) is 25.1 Å². The lowest BCUT2D eigenvalue weighted by Gasteiger charge is -2.05. The predicted octanol–water partition coefficient (Wildman–Crippen LogP) is 2.32. The number of rotatable bonds is 2. The van der Waals surface area contributed by atoms with Crippen molar-refractivity contribution in [2.75, 3.05) is 0 Å². The zero-order valence-electron chi connectivity index (χ0n) is 7.33. The van der Waals surface area contributed by atoms with Gasteiger partial charge in [0.15, 0.2) is 0 Å². The van der Waals surface area contributed by atoms with Crippen LogP contribution in [0.2, 0.25) is 0 Å². The molecule has 1 aromatic rings. The van der Waals surface area contributed by atoms with E-state index in [0.717, 1.165) is 12.8 Å². The maximum atomic E-state index is 9.85. The second kappa shape index (κ2) is 2.60. The van der Waals surface area contributed by atoms with E-state index in [4.69, 9.17) is 0 Å². The third kappa shape index (κ3) is 1.14. The molecule has 1 nitrogen and oxygen atoms in total. The van der Waals surface area contributed by atoms with Gasteiger partial charge in [-0.05, 0) is 18.4 Å². The van der Waals surface area contributed by atoms with Crippen LogP contribution in [0.1, 0.15) is 31.2 Å². The lowest BCUT2D eigenvalue weighted by Crippen LogP contribution is -2.07. The fourth-order valence-corrected chi connectivity index (χ4v) is 1.80. The largest absolute Gasteiger partial charge is 0.389 e. The van der Waals surface area contributed by atoms with Crippen LogP contribution in [0.4, 0.5) is 0 Å². The summed E-state index contributed by atoms with van der Waals surface area (Å²) < 4.78 is 0. The summed E-state index contributed by atoms with van der Waals surface area (Å²) in [4.78, 5) is 0. The standard InChI is InChI=1S/C11H14O/c1-2-11(12)8-10(11)9-6-4-3-5-7-9/h3-7,10,12H,2,8H2,1H3. The van der Waals surface area contributed by atoms with E-state index in [-0.39, 0.29) is 5.60 Å². The van der Waals surface area contributed by atoms with Gasteiger partial charge in [-0.3, -0.25) is 0 Å². The first kappa shape index (κ1) is 7.81. The highest BCUT2D eigenvalue weighted by atomic mass is 16.3. The topological polar surface area (TPSA) is 20.2 Å². The normalized spacial score (nSPS) is 33.3. The van der Waals surface area contributed by atoms with Gasteiger partial charge in [0.05, 0.1) is 5.60 Å².